The molecule has 0 fully saturated rings. The van der Waals surface area contributed by atoms with Crippen LogP contribution in [0.4, 0.5) is 11.4 Å². The molecule has 1 heterocycles. The van der Waals surface area contributed by atoms with E-state index in [-0.39, 0.29) is 18.4 Å². The highest BCUT2D eigenvalue weighted by Gasteiger charge is 2.30. The summed E-state index contributed by atoms with van der Waals surface area (Å²) in [6.07, 6.45) is -0.558. The van der Waals surface area contributed by atoms with Crippen LogP contribution in [0.2, 0.25) is 0 Å². The SMILES string of the molecule is CCN1C(=O)C(C)Oc2cc(NC(=O)COc3ccccc3OC)ccc21. The maximum atomic E-state index is 12.2. The van der Waals surface area contributed by atoms with Gasteiger partial charge in [-0.3, -0.25) is 9.59 Å². The smallest absolute Gasteiger partial charge is 0.267 e. The number of nitrogens with zero attached hydrogens (tertiary/aromatic N) is 1. The third-order valence-electron chi connectivity index (χ3n) is 4.20. The van der Waals surface area contributed by atoms with E-state index in [1.807, 2.05) is 13.0 Å². The molecule has 1 aliphatic rings. The average Bonchev–Trinajstić information content (AvgIpc) is 2.67. The molecule has 27 heavy (non-hydrogen) atoms. The van der Waals surface area contributed by atoms with Gasteiger partial charge >= 0.3 is 0 Å². The van der Waals surface area contributed by atoms with Gasteiger partial charge < -0.3 is 24.4 Å². The van der Waals surface area contributed by atoms with Crippen LogP contribution in [0.25, 0.3) is 0 Å². The highest BCUT2D eigenvalue weighted by atomic mass is 16.5. The molecule has 2 amide bonds. The van der Waals surface area contributed by atoms with Crippen molar-refractivity contribution in [3.8, 4) is 17.2 Å². The average molecular weight is 370 g/mol. The van der Waals surface area contributed by atoms with Crippen LogP contribution in [0.5, 0.6) is 17.2 Å². The molecule has 0 saturated carbocycles. The van der Waals surface area contributed by atoms with E-state index >= 15 is 0 Å². The first-order valence-electron chi connectivity index (χ1n) is 8.71. The lowest BCUT2D eigenvalue weighted by Gasteiger charge is -2.32. The highest BCUT2D eigenvalue weighted by molar-refractivity contribution is 6.00. The zero-order chi connectivity index (χ0) is 19.4. The van der Waals surface area contributed by atoms with Crippen LogP contribution in [0.1, 0.15) is 13.8 Å². The fraction of sp³-hybridized carbons (Fsp3) is 0.300. The molecule has 0 aromatic heterocycles. The van der Waals surface area contributed by atoms with Crippen LogP contribution in [-0.4, -0.2) is 38.2 Å². The summed E-state index contributed by atoms with van der Waals surface area (Å²) in [5.41, 5.74) is 1.27. The number of methoxy groups -OCH3 is 1. The lowest BCUT2D eigenvalue weighted by Crippen LogP contribution is -2.44. The predicted octanol–water partition coefficient (Wildman–Crippen LogP) is 2.85. The number of hydrogen-bond donors (Lipinski definition) is 1. The van der Waals surface area contributed by atoms with Crippen molar-refractivity contribution in [2.24, 2.45) is 0 Å². The van der Waals surface area contributed by atoms with Crippen LogP contribution < -0.4 is 24.4 Å². The lowest BCUT2D eigenvalue weighted by molar-refractivity contribution is -0.125. The van der Waals surface area contributed by atoms with Gasteiger partial charge in [0, 0.05) is 18.3 Å². The van der Waals surface area contributed by atoms with Gasteiger partial charge in [-0.25, -0.2) is 0 Å². The number of benzene rings is 2. The Morgan fingerprint density at radius 1 is 1.22 bits per heavy atom. The third kappa shape index (κ3) is 3.97. The molecule has 0 radical (unpaired) electrons. The van der Waals surface area contributed by atoms with Crippen LogP contribution in [-0.2, 0) is 9.59 Å². The zero-order valence-corrected chi connectivity index (χ0v) is 15.5. The van der Waals surface area contributed by atoms with Crippen LogP contribution >= 0.6 is 0 Å². The molecule has 0 bridgehead atoms. The number of amides is 2. The number of anilines is 2. The molecular weight excluding hydrogens is 348 g/mol. The molecule has 7 heteroatoms. The summed E-state index contributed by atoms with van der Waals surface area (Å²) in [6.45, 7) is 4.01. The molecule has 2 aromatic carbocycles. The molecular formula is C20H22N2O5. The van der Waals surface area contributed by atoms with Crippen LogP contribution in [0.15, 0.2) is 42.5 Å². The van der Waals surface area contributed by atoms with Crippen molar-refractivity contribution in [1.29, 1.82) is 0 Å². The maximum absolute atomic E-state index is 12.2. The highest BCUT2D eigenvalue weighted by Crippen LogP contribution is 2.36. The monoisotopic (exact) mass is 370 g/mol. The topological polar surface area (TPSA) is 77.1 Å². The molecule has 2 aromatic rings. The van der Waals surface area contributed by atoms with Gasteiger partial charge in [-0.1, -0.05) is 12.1 Å². The van der Waals surface area contributed by atoms with Gasteiger partial charge in [0.1, 0.15) is 5.75 Å². The normalized spacial score (nSPS) is 15.6. The Hall–Kier alpha value is -3.22. The molecule has 142 valence electrons. The summed E-state index contributed by atoms with van der Waals surface area (Å²) in [6, 6.07) is 12.3. The molecule has 7 nitrogen and oxygen atoms in total. The number of likely N-dealkylation sites (N-methyl/N-ethyl adjacent to an activating group) is 1. The molecule has 0 saturated heterocycles. The lowest BCUT2D eigenvalue weighted by atomic mass is 10.1. The predicted molar refractivity (Wildman–Crippen MR) is 102 cm³/mol. The van der Waals surface area contributed by atoms with E-state index in [4.69, 9.17) is 14.2 Å². The quantitative estimate of drug-likeness (QED) is 0.846. The van der Waals surface area contributed by atoms with E-state index in [0.717, 1.165) is 0 Å². The fourth-order valence-corrected chi connectivity index (χ4v) is 2.89. The Balaban J connectivity index is 1.67. The van der Waals surface area contributed by atoms with Crippen molar-refractivity contribution in [2.45, 2.75) is 20.0 Å². The molecule has 0 spiro atoms. The van der Waals surface area contributed by atoms with Gasteiger partial charge in [0.15, 0.2) is 24.2 Å². The number of ether oxygens (including phenoxy) is 3. The number of para-hydroxylation sites is 2. The molecule has 1 aliphatic heterocycles. The maximum Gasteiger partial charge on any atom is 0.267 e. The minimum Gasteiger partial charge on any atom is -0.493 e. The van der Waals surface area contributed by atoms with Crippen molar-refractivity contribution in [1.82, 2.24) is 0 Å². The van der Waals surface area contributed by atoms with Crippen molar-refractivity contribution < 1.29 is 23.8 Å². The van der Waals surface area contributed by atoms with Crippen molar-refractivity contribution in [3.05, 3.63) is 42.5 Å². The Morgan fingerprint density at radius 2 is 1.96 bits per heavy atom. The molecule has 3 rings (SSSR count). The van der Waals surface area contributed by atoms with E-state index < -0.39 is 6.10 Å². The Morgan fingerprint density at radius 3 is 2.67 bits per heavy atom. The van der Waals surface area contributed by atoms with Gasteiger partial charge in [-0.15, -0.1) is 0 Å². The summed E-state index contributed by atoms with van der Waals surface area (Å²) >= 11 is 0. The van der Waals surface area contributed by atoms with Gasteiger partial charge in [-0.05, 0) is 38.1 Å². The van der Waals surface area contributed by atoms with Crippen molar-refractivity contribution in [3.63, 3.8) is 0 Å². The summed E-state index contributed by atoms with van der Waals surface area (Å²) in [7, 11) is 1.54. The summed E-state index contributed by atoms with van der Waals surface area (Å²) in [5, 5.41) is 2.77. The summed E-state index contributed by atoms with van der Waals surface area (Å²) < 4.78 is 16.4. The van der Waals surface area contributed by atoms with E-state index in [2.05, 4.69) is 5.32 Å². The number of hydrogen-bond acceptors (Lipinski definition) is 5. The molecule has 1 unspecified atom stereocenters. The van der Waals surface area contributed by atoms with E-state index in [0.29, 0.717) is 35.2 Å². The van der Waals surface area contributed by atoms with E-state index in [1.165, 1.54) is 0 Å². The number of fused-ring (bicyclic) bond motifs is 1. The largest absolute Gasteiger partial charge is 0.493 e. The van der Waals surface area contributed by atoms with Gasteiger partial charge in [0.2, 0.25) is 0 Å². The minimum atomic E-state index is -0.558. The van der Waals surface area contributed by atoms with Crippen molar-refractivity contribution in [2.75, 3.05) is 30.5 Å². The second-order valence-corrected chi connectivity index (χ2v) is 6.01. The second-order valence-electron chi connectivity index (χ2n) is 6.01. The Bertz CT molecular complexity index is 852. The standard InChI is InChI=1S/C20H22N2O5/c1-4-22-15-10-9-14(11-18(15)27-13(2)20(22)24)21-19(23)12-26-17-8-6-5-7-16(17)25-3/h5-11,13H,4,12H2,1-3H3,(H,21,23). The van der Waals surface area contributed by atoms with E-state index in [9.17, 15) is 9.59 Å². The van der Waals surface area contributed by atoms with E-state index in [1.54, 1.807) is 55.3 Å². The second kappa shape index (κ2) is 7.99. The molecule has 0 aliphatic carbocycles. The first-order valence-corrected chi connectivity index (χ1v) is 8.71. The Kier molecular flexibility index (Phi) is 5.49. The Labute approximate surface area is 157 Å². The van der Waals surface area contributed by atoms with Gasteiger partial charge in [0.05, 0.1) is 12.8 Å². The summed E-state index contributed by atoms with van der Waals surface area (Å²) in [4.78, 5) is 26.0. The van der Waals surface area contributed by atoms with Crippen LogP contribution in [0.3, 0.4) is 0 Å². The summed E-state index contributed by atoms with van der Waals surface area (Å²) in [5.74, 6) is 1.23. The minimum absolute atomic E-state index is 0.0769. The van der Waals surface area contributed by atoms with Crippen LogP contribution in [0, 0.1) is 0 Å². The number of rotatable bonds is 6. The van der Waals surface area contributed by atoms with Gasteiger partial charge in [-0.2, -0.15) is 0 Å². The third-order valence-corrected chi connectivity index (χ3v) is 4.20. The van der Waals surface area contributed by atoms with Gasteiger partial charge in [0.25, 0.3) is 11.8 Å². The van der Waals surface area contributed by atoms with Crippen molar-refractivity contribution >= 4 is 23.2 Å². The number of carbonyl (C=O) groups excluding carboxylic acids is 2. The molecule has 1 atom stereocenters. The number of carbonyl (C=O) groups is 2. The molecule has 1 N–H and O–H groups in total. The first kappa shape index (κ1) is 18.6. The number of nitrogens with one attached hydrogen (secondary N) is 1. The first-order chi connectivity index (χ1) is 13.0. The fourth-order valence-electron chi connectivity index (χ4n) is 2.89. The zero-order valence-electron chi connectivity index (χ0n) is 15.5.